The van der Waals surface area contributed by atoms with Crippen molar-refractivity contribution in [3.05, 3.63) is 52.9 Å². The van der Waals surface area contributed by atoms with Gasteiger partial charge in [0.25, 0.3) is 5.88 Å². The number of aromatic nitrogens is 1. The number of nitrogens with zero attached hydrogens (tertiary/aromatic N) is 1. The summed E-state index contributed by atoms with van der Waals surface area (Å²) < 4.78 is 43.7. The van der Waals surface area contributed by atoms with Gasteiger partial charge in [0.15, 0.2) is 17.5 Å². The summed E-state index contributed by atoms with van der Waals surface area (Å²) in [5, 5.41) is 0.111. The Morgan fingerprint density at radius 1 is 1.00 bits per heavy atom. The lowest BCUT2D eigenvalue weighted by atomic mass is 10.3. The fraction of sp³-hybridized carbons (Fsp3) is 0. The minimum Gasteiger partial charge on any atom is -0.436 e. The summed E-state index contributed by atoms with van der Waals surface area (Å²) in [6, 6.07) is 3.83. The van der Waals surface area contributed by atoms with Crippen LogP contribution in [0.25, 0.3) is 0 Å². The maximum atomic E-state index is 13.3. The monoisotopic (exact) mass is 259 g/mol. The normalized spacial score (nSPS) is 10.4. The van der Waals surface area contributed by atoms with Crippen LogP contribution in [0.2, 0.25) is 5.02 Å². The number of rotatable bonds is 2. The summed E-state index contributed by atoms with van der Waals surface area (Å²) >= 11 is 5.50. The Morgan fingerprint density at radius 2 is 1.76 bits per heavy atom. The first-order chi connectivity index (χ1) is 8.06. The van der Waals surface area contributed by atoms with Gasteiger partial charge in [0, 0.05) is 12.3 Å². The van der Waals surface area contributed by atoms with Gasteiger partial charge < -0.3 is 4.74 Å². The van der Waals surface area contributed by atoms with Crippen molar-refractivity contribution in [2.45, 2.75) is 0 Å². The molecule has 0 N–H and O–H groups in total. The third-order valence-corrected chi connectivity index (χ3v) is 2.09. The zero-order valence-corrected chi connectivity index (χ0v) is 9.01. The van der Waals surface area contributed by atoms with E-state index < -0.39 is 17.5 Å². The van der Waals surface area contributed by atoms with Crippen molar-refractivity contribution in [3.63, 3.8) is 0 Å². The highest BCUT2D eigenvalue weighted by Gasteiger charge is 2.09. The minimum absolute atomic E-state index is 0.0578. The molecule has 0 spiro atoms. The quantitative estimate of drug-likeness (QED) is 0.815. The molecule has 2 nitrogen and oxygen atoms in total. The largest absolute Gasteiger partial charge is 0.436 e. The van der Waals surface area contributed by atoms with Gasteiger partial charge in [-0.15, -0.1) is 0 Å². The molecule has 0 bridgehead atoms. The predicted octanol–water partition coefficient (Wildman–Crippen LogP) is 3.94. The first-order valence-corrected chi connectivity index (χ1v) is 4.88. The third-order valence-electron chi connectivity index (χ3n) is 1.88. The molecule has 1 aromatic heterocycles. The number of pyridine rings is 1. The van der Waals surface area contributed by atoms with Crippen LogP contribution in [0.1, 0.15) is 0 Å². The van der Waals surface area contributed by atoms with Crippen LogP contribution >= 0.6 is 11.6 Å². The molecule has 0 saturated heterocycles. The topological polar surface area (TPSA) is 22.1 Å². The van der Waals surface area contributed by atoms with Crippen LogP contribution < -0.4 is 4.74 Å². The average molecular weight is 260 g/mol. The summed E-state index contributed by atoms with van der Waals surface area (Å²) in [6.45, 7) is 0. The first-order valence-electron chi connectivity index (χ1n) is 4.50. The Balaban J connectivity index is 2.28. The number of hydrogen-bond donors (Lipinski definition) is 0. The zero-order valence-electron chi connectivity index (χ0n) is 8.25. The lowest BCUT2D eigenvalue weighted by Gasteiger charge is -2.05. The molecular formula is C11H5ClF3NO. The maximum absolute atomic E-state index is 13.3. The molecule has 1 aromatic carbocycles. The van der Waals surface area contributed by atoms with Gasteiger partial charge in [0.05, 0.1) is 5.02 Å². The first kappa shape index (κ1) is 11.7. The predicted molar refractivity (Wildman–Crippen MR) is 55.6 cm³/mol. The van der Waals surface area contributed by atoms with Gasteiger partial charge in [-0.3, -0.25) is 0 Å². The van der Waals surface area contributed by atoms with E-state index in [4.69, 9.17) is 16.3 Å². The van der Waals surface area contributed by atoms with E-state index in [9.17, 15) is 13.2 Å². The van der Waals surface area contributed by atoms with Gasteiger partial charge in [-0.1, -0.05) is 11.6 Å². The van der Waals surface area contributed by atoms with E-state index in [-0.39, 0.29) is 16.7 Å². The molecule has 0 unspecified atom stereocenters. The second kappa shape index (κ2) is 4.63. The van der Waals surface area contributed by atoms with E-state index in [2.05, 4.69) is 4.98 Å². The number of hydrogen-bond acceptors (Lipinski definition) is 2. The van der Waals surface area contributed by atoms with Crippen LogP contribution in [0.4, 0.5) is 13.2 Å². The molecule has 0 aliphatic rings. The molecule has 0 aliphatic carbocycles. The lowest BCUT2D eigenvalue weighted by Crippen LogP contribution is -1.93. The highest BCUT2D eigenvalue weighted by Crippen LogP contribution is 2.25. The Hall–Kier alpha value is -1.75. The maximum Gasteiger partial charge on any atom is 0.255 e. The van der Waals surface area contributed by atoms with Gasteiger partial charge in [0.2, 0.25) is 0 Å². The number of halogens is 4. The Morgan fingerprint density at radius 3 is 2.41 bits per heavy atom. The summed E-state index contributed by atoms with van der Waals surface area (Å²) in [7, 11) is 0. The van der Waals surface area contributed by atoms with Crippen LogP contribution in [0.15, 0.2) is 30.5 Å². The SMILES string of the molecule is Fc1ccc(Oc2ncc(Cl)cc2F)cc1F. The molecule has 0 aliphatic heterocycles. The summed E-state index contributed by atoms with van der Waals surface area (Å²) in [5.74, 6) is -3.31. The van der Waals surface area contributed by atoms with E-state index in [0.29, 0.717) is 0 Å². The van der Waals surface area contributed by atoms with Crippen LogP contribution in [0.3, 0.4) is 0 Å². The van der Waals surface area contributed by atoms with Crippen molar-refractivity contribution in [3.8, 4) is 11.6 Å². The Labute approximate surface area is 99.6 Å². The molecule has 0 fully saturated rings. The summed E-state index contributed by atoms with van der Waals surface area (Å²) in [4.78, 5) is 3.58. The smallest absolute Gasteiger partial charge is 0.255 e. The van der Waals surface area contributed by atoms with Gasteiger partial charge in [0.1, 0.15) is 5.75 Å². The fourth-order valence-electron chi connectivity index (χ4n) is 1.13. The second-order valence-corrected chi connectivity index (χ2v) is 3.55. The molecule has 0 atom stereocenters. The van der Waals surface area contributed by atoms with Crippen LogP contribution in [0.5, 0.6) is 11.6 Å². The summed E-state index contributed by atoms with van der Waals surface area (Å²) in [6.07, 6.45) is 1.18. The summed E-state index contributed by atoms with van der Waals surface area (Å²) in [5.41, 5.74) is 0. The molecule has 2 aromatic rings. The highest BCUT2D eigenvalue weighted by molar-refractivity contribution is 6.30. The molecule has 0 amide bonds. The fourth-order valence-corrected chi connectivity index (χ4v) is 1.27. The van der Waals surface area contributed by atoms with Crippen molar-refractivity contribution in [2.75, 3.05) is 0 Å². The second-order valence-electron chi connectivity index (χ2n) is 3.12. The van der Waals surface area contributed by atoms with E-state index in [1.807, 2.05) is 0 Å². The molecular weight excluding hydrogens is 255 g/mol. The third kappa shape index (κ3) is 2.68. The molecule has 0 radical (unpaired) electrons. The van der Waals surface area contributed by atoms with E-state index in [1.54, 1.807) is 0 Å². The van der Waals surface area contributed by atoms with Crippen molar-refractivity contribution < 1.29 is 17.9 Å². The van der Waals surface area contributed by atoms with Gasteiger partial charge in [-0.2, -0.15) is 0 Å². The van der Waals surface area contributed by atoms with Crippen molar-refractivity contribution in [1.82, 2.24) is 4.98 Å². The van der Waals surface area contributed by atoms with E-state index in [0.717, 1.165) is 24.3 Å². The van der Waals surface area contributed by atoms with Crippen LogP contribution in [-0.4, -0.2) is 4.98 Å². The van der Waals surface area contributed by atoms with Crippen molar-refractivity contribution >= 4 is 11.6 Å². The number of ether oxygens (including phenoxy) is 1. The molecule has 0 saturated carbocycles. The van der Waals surface area contributed by atoms with Crippen molar-refractivity contribution in [1.29, 1.82) is 0 Å². The van der Waals surface area contributed by atoms with Crippen molar-refractivity contribution in [2.24, 2.45) is 0 Å². The number of benzene rings is 1. The van der Waals surface area contributed by atoms with Gasteiger partial charge in [-0.05, 0) is 18.2 Å². The Bertz CT molecular complexity index is 562. The van der Waals surface area contributed by atoms with Gasteiger partial charge >= 0.3 is 0 Å². The average Bonchev–Trinajstić information content (AvgIpc) is 2.27. The minimum atomic E-state index is -1.09. The Kier molecular flexibility index (Phi) is 3.19. The van der Waals surface area contributed by atoms with Crippen LogP contribution in [-0.2, 0) is 0 Å². The molecule has 17 heavy (non-hydrogen) atoms. The molecule has 6 heteroatoms. The highest BCUT2D eigenvalue weighted by atomic mass is 35.5. The van der Waals surface area contributed by atoms with Gasteiger partial charge in [-0.25, -0.2) is 18.2 Å². The molecule has 88 valence electrons. The van der Waals surface area contributed by atoms with E-state index >= 15 is 0 Å². The standard InChI is InChI=1S/C11H5ClF3NO/c12-6-3-10(15)11(16-5-6)17-7-1-2-8(13)9(14)4-7/h1-5H. The van der Waals surface area contributed by atoms with E-state index in [1.165, 1.54) is 6.20 Å². The zero-order chi connectivity index (χ0) is 12.4. The molecule has 2 rings (SSSR count). The molecule has 1 heterocycles. The van der Waals surface area contributed by atoms with Crippen LogP contribution in [0, 0.1) is 17.5 Å². The lowest BCUT2D eigenvalue weighted by molar-refractivity contribution is 0.415.